The van der Waals surface area contributed by atoms with Crippen molar-refractivity contribution in [2.75, 3.05) is 5.32 Å². The van der Waals surface area contributed by atoms with Crippen molar-refractivity contribution in [1.82, 2.24) is 9.97 Å². The molecule has 5 rings (SSSR count). The van der Waals surface area contributed by atoms with Gasteiger partial charge in [0.05, 0.1) is 22.9 Å². The number of benzene rings is 1. The SMILES string of the molecule is O=C(Nc1sc2c(c1-c1nc3ccccc3[nH]1)CCCC2)c1ccco1. The molecule has 0 spiro atoms. The molecule has 1 aliphatic rings. The summed E-state index contributed by atoms with van der Waals surface area (Å²) in [6.07, 6.45) is 5.95. The third-order valence-corrected chi connectivity index (χ3v) is 5.98. The van der Waals surface area contributed by atoms with Gasteiger partial charge in [-0.3, -0.25) is 4.79 Å². The molecule has 1 aliphatic carbocycles. The number of hydrogen-bond acceptors (Lipinski definition) is 4. The molecule has 0 saturated carbocycles. The van der Waals surface area contributed by atoms with Crippen LogP contribution in [0, 0.1) is 0 Å². The Bertz CT molecular complexity index is 1060. The van der Waals surface area contributed by atoms with Crippen LogP contribution in [0.5, 0.6) is 0 Å². The average molecular weight is 363 g/mol. The van der Waals surface area contributed by atoms with Crippen LogP contribution < -0.4 is 5.32 Å². The normalized spacial score (nSPS) is 13.7. The number of aromatic amines is 1. The van der Waals surface area contributed by atoms with Crippen LogP contribution in [0.1, 0.15) is 33.8 Å². The van der Waals surface area contributed by atoms with Crippen molar-refractivity contribution < 1.29 is 9.21 Å². The zero-order valence-corrected chi connectivity index (χ0v) is 14.9. The van der Waals surface area contributed by atoms with Crippen LogP contribution in [-0.2, 0) is 12.8 Å². The van der Waals surface area contributed by atoms with E-state index in [0.29, 0.717) is 5.76 Å². The monoisotopic (exact) mass is 363 g/mol. The number of amides is 1. The van der Waals surface area contributed by atoms with E-state index in [1.165, 1.54) is 29.5 Å². The second kappa shape index (κ2) is 6.14. The van der Waals surface area contributed by atoms with Crippen molar-refractivity contribution in [1.29, 1.82) is 0 Å². The van der Waals surface area contributed by atoms with Crippen LogP contribution in [-0.4, -0.2) is 15.9 Å². The van der Waals surface area contributed by atoms with Gasteiger partial charge >= 0.3 is 0 Å². The summed E-state index contributed by atoms with van der Waals surface area (Å²) in [5.74, 6) is 0.901. The minimum Gasteiger partial charge on any atom is -0.459 e. The fraction of sp³-hybridized carbons (Fsp3) is 0.200. The second-order valence-electron chi connectivity index (χ2n) is 6.45. The summed E-state index contributed by atoms with van der Waals surface area (Å²) in [5, 5.41) is 3.88. The Hall–Kier alpha value is -2.86. The summed E-state index contributed by atoms with van der Waals surface area (Å²) in [4.78, 5) is 22.1. The van der Waals surface area contributed by atoms with Crippen LogP contribution in [0.2, 0.25) is 0 Å². The molecule has 1 aromatic carbocycles. The predicted octanol–water partition coefficient (Wildman–Crippen LogP) is 5.02. The lowest BCUT2D eigenvalue weighted by atomic mass is 9.95. The summed E-state index contributed by atoms with van der Waals surface area (Å²) in [5.41, 5.74) is 4.28. The van der Waals surface area contributed by atoms with Gasteiger partial charge in [-0.15, -0.1) is 11.3 Å². The quantitative estimate of drug-likeness (QED) is 0.537. The van der Waals surface area contributed by atoms with Crippen molar-refractivity contribution in [2.45, 2.75) is 25.7 Å². The number of H-pyrrole nitrogens is 1. The summed E-state index contributed by atoms with van der Waals surface area (Å²) in [6, 6.07) is 11.4. The number of nitrogens with zero attached hydrogens (tertiary/aromatic N) is 1. The molecule has 0 fully saturated rings. The fourth-order valence-electron chi connectivity index (χ4n) is 3.55. The molecule has 130 valence electrons. The molecule has 0 radical (unpaired) electrons. The number of aryl methyl sites for hydroxylation is 1. The lowest BCUT2D eigenvalue weighted by Crippen LogP contribution is -2.10. The van der Waals surface area contributed by atoms with Gasteiger partial charge in [-0.25, -0.2) is 4.98 Å². The Morgan fingerprint density at radius 2 is 2.04 bits per heavy atom. The maximum absolute atomic E-state index is 12.5. The molecule has 5 nitrogen and oxygen atoms in total. The van der Waals surface area contributed by atoms with E-state index in [1.54, 1.807) is 23.5 Å². The van der Waals surface area contributed by atoms with Crippen LogP contribution in [0.25, 0.3) is 22.4 Å². The average Bonchev–Trinajstić information content (AvgIpc) is 3.38. The maximum Gasteiger partial charge on any atom is 0.291 e. The van der Waals surface area contributed by atoms with Gasteiger partial charge in [0.2, 0.25) is 0 Å². The molecular formula is C20H17N3O2S. The molecule has 26 heavy (non-hydrogen) atoms. The van der Waals surface area contributed by atoms with E-state index in [2.05, 4.69) is 10.3 Å². The molecule has 2 N–H and O–H groups in total. The second-order valence-corrected chi connectivity index (χ2v) is 7.55. The predicted molar refractivity (Wildman–Crippen MR) is 103 cm³/mol. The highest BCUT2D eigenvalue weighted by atomic mass is 32.1. The Labute approximate surface area is 154 Å². The van der Waals surface area contributed by atoms with E-state index < -0.39 is 0 Å². The number of carbonyl (C=O) groups excluding carboxylic acids is 1. The van der Waals surface area contributed by atoms with Gasteiger partial charge < -0.3 is 14.7 Å². The zero-order valence-electron chi connectivity index (χ0n) is 14.0. The molecular weight excluding hydrogens is 346 g/mol. The molecule has 0 bridgehead atoms. The van der Waals surface area contributed by atoms with Crippen molar-refractivity contribution in [2.24, 2.45) is 0 Å². The Morgan fingerprint density at radius 3 is 2.88 bits per heavy atom. The van der Waals surface area contributed by atoms with Gasteiger partial charge in [0.15, 0.2) is 5.76 Å². The van der Waals surface area contributed by atoms with Crippen molar-refractivity contribution >= 4 is 33.3 Å². The number of nitrogens with one attached hydrogen (secondary N) is 2. The Kier molecular flexibility index (Phi) is 3.64. The van der Waals surface area contributed by atoms with Crippen LogP contribution in [0.15, 0.2) is 47.1 Å². The third kappa shape index (κ3) is 2.54. The first kappa shape index (κ1) is 15.4. The number of thiophene rings is 1. The number of fused-ring (bicyclic) bond motifs is 2. The smallest absolute Gasteiger partial charge is 0.291 e. The van der Waals surface area contributed by atoms with Crippen molar-refractivity contribution in [3.05, 3.63) is 58.9 Å². The zero-order chi connectivity index (χ0) is 17.5. The third-order valence-electron chi connectivity index (χ3n) is 4.77. The number of aromatic nitrogens is 2. The van der Waals surface area contributed by atoms with Gasteiger partial charge in [0, 0.05) is 4.88 Å². The molecule has 3 heterocycles. The van der Waals surface area contributed by atoms with E-state index in [4.69, 9.17) is 9.40 Å². The highest BCUT2D eigenvalue weighted by Crippen LogP contribution is 2.43. The van der Waals surface area contributed by atoms with E-state index >= 15 is 0 Å². The first-order chi connectivity index (χ1) is 12.8. The molecule has 0 saturated heterocycles. The van der Waals surface area contributed by atoms with Gasteiger partial charge in [-0.05, 0) is 55.5 Å². The fourth-order valence-corrected chi connectivity index (χ4v) is 4.83. The van der Waals surface area contributed by atoms with Crippen LogP contribution in [0.4, 0.5) is 5.00 Å². The van der Waals surface area contributed by atoms with Gasteiger partial charge in [-0.1, -0.05) is 12.1 Å². The standard InChI is InChI=1S/C20H17N3O2S/c24-19(15-9-5-11-25-15)23-20-17(12-6-1-4-10-16(12)26-20)18-21-13-7-2-3-8-14(13)22-18/h2-3,5,7-9,11H,1,4,6,10H2,(H,21,22)(H,23,24). The molecule has 0 aliphatic heterocycles. The number of carbonyl (C=O) groups is 1. The number of hydrogen-bond donors (Lipinski definition) is 2. The van der Waals surface area contributed by atoms with Crippen LogP contribution in [0.3, 0.4) is 0 Å². The Balaban J connectivity index is 1.62. The number of anilines is 1. The van der Waals surface area contributed by atoms with E-state index in [1.807, 2.05) is 24.3 Å². The highest BCUT2D eigenvalue weighted by Gasteiger charge is 2.25. The number of para-hydroxylation sites is 2. The summed E-state index contributed by atoms with van der Waals surface area (Å²) >= 11 is 1.66. The van der Waals surface area contributed by atoms with Crippen molar-refractivity contribution in [3.8, 4) is 11.4 Å². The number of rotatable bonds is 3. The number of imidazole rings is 1. The van der Waals surface area contributed by atoms with Gasteiger partial charge in [0.1, 0.15) is 10.8 Å². The maximum atomic E-state index is 12.5. The largest absolute Gasteiger partial charge is 0.459 e. The van der Waals surface area contributed by atoms with Crippen LogP contribution >= 0.6 is 11.3 Å². The molecule has 6 heteroatoms. The van der Waals surface area contributed by atoms with Crippen molar-refractivity contribution in [3.63, 3.8) is 0 Å². The molecule has 1 amide bonds. The van der Waals surface area contributed by atoms with E-state index in [-0.39, 0.29) is 5.91 Å². The van der Waals surface area contributed by atoms with Gasteiger partial charge in [0.25, 0.3) is 5.91 Å². The summed E-state index contributed by atoms with van der Waals surface area (Å²) < 4.78 is 5.23. The highest BCUT2D eigenvalue weighted by molar-refractivity contribution is 7.17. The minimum atomic E-state index is -0.231. The minimum absolute atomic E-state index is 0.231. The molecule has 0 unspecified atom stereocenters. The Morgan fingerprint density at radius 1 is 1.15 bits per heavy atom. The van der Waals surface area contributed by atoms with E-state index in [0.717, 1.165) is 40.3 Å². The first-order valence-electron chi connectivity index (χ1n) is 8.74. The van der Waals surface area contributed by atoms with Gasteiger partial charge in [-0.2, -0.15) is 0 Å². The first-order valence-corrected chi connectivity index (χ1v) is 9.56. The van der Waals surface area contributed by atoms with E-state index in [9.17, 15) is 4.79 Å². The molecule has 0 atom stereocenters. The lowest BCUT2D eigenvalue weighted by molar-refractivity contribution is 0.0997. The molecule has 4 aromatic rings. The lowest BCUT2D eigenvalue weighted by Gasteiger charge is -2.11. The summed E-state index contributed by atoms with van der Waals surface area (Å²) in [7, 11) is 0. The topological polar surface area (TPSA) is 70.9 Å². The summed E-state index contributed by atoms with van der Waals surface area (Å²) in [6.45, 7) is 0. The number of furan rings is 1. The molecule has 3 aromatic heterocycles.